The molecule has 0 bridgehead atoms. The molecule has 0 atom stereocenters. The second kappa shape index (κ2) is 8.12. The number of rotatable bonds is 6. The van der Waals surface area contributed by atoms with Gasteiger partial charge in [0.05, 0.1) is 6.54 Å². The Balaban J connectivity index is 1.95. The summed E-state index contributed by atoms with van der Waals surface area (Å²) in [5.74, 6) is 0.365. The molecule has 0 saturated heterocycles. The molecule has 0 amide bonds. The average molecular weight is 319 g/mol. The molecule has 0 aliphatic carbocycles. The smallest absolute Gasteiger partial charge is 0.387 e. The third-order valence-electron chi connectivity index (χ3n) is 3.19. The van der Waals surface area contributed by atoms with E-state index < -0.39 is 6.61 Å². The first kappa shape index (κ1) is 16.7. The average Bonchev–Trinajstić information content (AvgIpc) is 2.53. The Labute approximate surface area is 134 Å². The molecule has 0 unspecified atom stereocenters. The van der Waals surface area contributed by atoms with E-state index in [1.807, 2.05) is 24.3 Å². The van der Waals surface area contributed by atoms with Gasteiger partial charge in [-0.1, -0.05) is 31.2 Å². The van der Waals surface area contributed by atoms with E-state index in [1.165, 1.54) is 17.7 Å². The van der Waals surface area contributed by atoms with Crippen molar-refractivity contribution >= 4 is 11.6 Å². The lowest BCUT2D eigenvalue weighted by atomic mass is 10.1. The highest BCUT2D eigenvalue weighted by molar-refractivity contribution is 5.92. The summed E-state index contributed by atoms with van der Waals surface area (Å²) in [5.41, 5.74) is 8.64. The lowest BCUT2D eigenvalue weighted by molar-refractivity contribution is -0.0498. The SMILES string of the molecule is CCc1ccc(NC(N)=NCc2cccc(OC(F)F)c2)cc1. The molecule has 2 rings (SSSR count). The van der Waals surface area contributed by atoms with Crippen molar-refractivity contribution in [2.75, 3.05) is 5.32 Å². The normalized spacial score (nSPS) is 11.6. The van der Waals surface area contributed by atoms with Crippen molar-refractivity contribution in [2.24, 2.45) is 10.7 Å². The number of nitrogens with one attached hydrogen (secondary N) is 1. The van der Waals surface area contributed by atoms with Crippen molar-refractivity contribution in [3.05, 3.63) is 59.7 Å². The number of nitrogens with two attached hydrogens (primary N) is 1. The molecule has 0 fully saturated rings. The van der Waals surface area contributed by atoms with Gasteiger partial charge in [0.15, 0.2) is 5.96 Å². The van der Waals surface area contributed by atoms with Crippen LogP contribution < -0.4 is 15.8 Å². The molecule has 23 heavy (non-hydrogen) atoms. The van der Waals surface area contributed by atoms with Gasteiger partial charge in [0, 0.05) is 5.69 Å². The molecular formula is C17H19F2N3O. The van der Waals surface area contributed by atoms with E-state index >= 15 is 0 Å². The maximum atomic E-state index is 12.2. The van der Waals surface area contributed by atoms with Gasteiger partial charge in [-0.15, -0.1) is 0 Å². The van der Waals surface area contributed by atoms with Crippen LogP contribution in [0.25, 0.3) is 0 Å². The number of anilines is 1. The number of hydrogen-bond acceptors (Lipinski definition) is 2. The van der Waals surface area contributed by atoms with Crippen LogP contribution >= 0.6 is 0 Å². The Kier molecular flexibility index (Phi) is 5.91. The zero-order valence-corrected chi connectivity index (χ0v) is 12.8. The number of halogens is 2. The molecule has 122 valence electrons. The zero-order valence-electron chi connectivity index (χ0n) is 12.8. The van der Waals surface area contributed by atoms with E-state index in [-0.39, 0.29) is 18.3 Å². The Hall–Kier alpha value is -2.63. The number of ether oxygens (including phenoxy) is 1. The molecule has 0 saturated carbocycles. The summed E-state index contributed by atoms with van der Waals surface area (Å²) < 4.78 is 28.7. The lowest BCUT2D eigenvalue weighted by Crippen LogP contribution is -2.22. The van der Waals surface area contributed by atoms with Crippen LogP contribution in [0, 0.1) is 0 Å². The highest BCUT2D eigenvalue weighted by Crippen LogP contribution is 2.16. The van der Waals surface area contributed by atoms with Gasteiger partial charge in [-0.05, 0) is 41.8 Å². The van der Waals surface area contributed by atoms with E-state index in [0.29, 0.717) is 0 Å². The fourth-order valence-electron chi connectivity index (χ4n) is 2.01. The minimum atomic E-state index is -2.84. The van der Waals surface area contributed by atoms with Crippen LogP contribution in [0.15, 0.2) is 53.5 Å². The number of alkyl halides is 2. The van der Waals surface area contributed by atoms with Gasteiger partial charge in [0.25, 0.3) is 0 Å². The van der Waals surface area contributed by atoms with Gasteiger partial charge in [0.2, 0.25) is 0 Å². The van der Waals surface area contributed by atoms with Gasteiger partial charge >= 0.3 is 6.61 Å². The third kappa shape index (κ3) is 5.58. The molecular weight excluding hydrogens is 300 g/mol. The summed E-state index contributed by atoms with van der Waals surface area (Å²) in [6.07, 6.45) is 0.973. The summed E-state index contributed by atoms with van der Waals surface area (Å²) >= 11 is 0. The number of hydrogen-bond donors (Lipinski definition) is 2. The number of benzene rings is 2. The zero-order chi connectivity index (χ0) is 16.7. The first-order valence-corrected chi connectivity index (χ1v) is 7.26. The van der Waals surface area contributed by atoms with Crippen LogP contribution in [-0.4, -0.2) is 12.6 Å². The van der Waals surface area contributed by atoms with Crippen molar-refractivity contribution in [3.8, 4) is 5.75 Å². The number of aliphatic imine (C=N–C) groups is 1. The molecule has 0 spiro atoms. The van der Waals surface area contributed by atoms with Crippen LogP contribution in [-0.2, 0) is 13.0 Å². The Morgan fingerprint density at radius 2 is 1.91 bits per heavy atom. The number of guanidine groups is 1. The summed E-state index contributed by atoms with van der Waals surface area (Å²) in [7, 11) is 0. The molecule has 2 aromatic carbocycles. The van der Waals surface area contributed by atoms with Crippen LogP contribution in [0.4, 0.5) is 14.5 Å². The second-order valence-corrected chi connectivity index (χ2v) is 4.90. The van der Waals surface area contributed by atoms with Crippen molar-refractivity contribution in [1.82, 2.24) is 0 Å². The molecule has 0 heterocycles. The highest BCUT2D eigenvalue weighted by atomic mass is 19.3. The van der Waals surface area contributed by atoms with Gasteiger partial charge in [0.1, 0.15) is 5.75 Å². The third-order valence-corrected chi connectivity index (χ3v) is 3.19. The standard InChI is InChI=1S/C17H19F2N3O/c1-2-12-6-8-14(9-7-12)22-17(20)21-11-13-4-3-5-15(10-13)23-16(18)19/h3-10,16H,2,11H2,1H3,(H3,20,21,22). The molecule has 2 aromatic rings. The van der Waals surface area contributed by atoms with Crippen LogP contribution in [0.1, 0.15) is 18.1 Å². The van der Waals surface area contributed by atoms with E-state index in [1.54, 1.807) is 12.1 Å². The maximum Gasteiger partial charge on any atom is 0.387 e. The minimum Gasteiger partial charge on any atom is -0.435 e. The Morgan fingerprint density at radius 3 is 2.57 bits per heavy atom. The largest absolute Gasteiger partial charge is 0.435 e. The number of aryl methyl sites for hydroxylation is 1. The second-order valence-electron chi connectivity index (χ2n) is 4.90. The van der Waals surface area contributed by atoms with Crippen molar-refractivity contribution < 1.29 is 13.5 Å². The molecule has 4 nitrogen and oxygen atoms in total. The molecule has 0 aliphatic rings. The van der Waals surface area contributed by atoms with Crippen molar-refractivity contribution in [2.45, 2.75) is 26.5 Å². The van der Waals surface area contributed by atoms with E-state index in [9.17, 15) is 8.78 Å². The Morgan fingerprint density at radius 1 is 1.17 bits per heavy atom. The van der Waals surface area contributed by atoms with Crippen LogP contribution in [0.3, 0.4) is 0 Å². The van der Waals surface area contributed by atoms with Gasteiger partial charge in [-0.2, -0.15) is 8.78 Å². The van der Waals surface area contributed by atoms with Gasteiger partial charge < -0.3 is 15.8 Å². The fraction of sp³-hybridized carbons (Fsp3) is 0.235. The first-order chi connectivity index (χ1) is 11.1. The fourth-order valence-corrected chi connectivity index (χ4v) is 2.01. The summed E-state index contributed by atoms with van der Waals surface area (Å²) in [4.78, 5) is 4.19. The quantitative estimate of drug-likeness (QED) is 0.629. The molecule has 0 radical (unpaired) electrons. The summed E-state index contributed by atoms with van der Waals surface area (Å²) in [6.45, 7) is -0.484. The molecule has 3 N–H and O–H groups in total. The van der Waals surface area contributed by atoms with Gasteiger partial charge in [-0.25, -0.2) is 4.99 Å². The topological polar surface area (TPSA) is 59.6 Å². The lowest BCUT2D eigenvalue weighted by Gasteiger charge is -2.07. The monoisotopic (exact) mass is 319 g/mol. The predicted octanol–water partition coefficient (Wildman–Crippen LogP) is 3.78. The Bertz CT molecular complexity index is 657. The molecule has 0 aromatic heterocycles. The number of nitrogens with zero attached hydrogens (tertiary/aromatic N) is 1. The predicted molar refractivity (Wildman–Crippen MR) is 87.8 cm³/mol. The minimum absolute atomic E-state index is 0.106. The molecule has 0 aliphatic heterocycles. The van der Waals surface area contributed by atoms with E-state index in [2.05, 4.69) is 22.0 Å². The van der Waals surface area contributed by atoms with E-state index in [0.717, 1.165) is 17.7 Å². The van der Waals surface area contributed by atoms with E-state index in [4.69, 9.17) is 5.73 Å². The maximum absolute atomic E-state index is 12.2. The van der Waals surface area contributed by atoms with Crippen molar-refractivity contribution in [3.63, 3.8) is 0 Å². The first-order valence-electron chi connectivity index (χ1n) is 7.26. The highest BCUT2D eigenvalue weighted by Gasteiger charge is 2.04. The summed E-state index contributed by atoms with van der Waals surface area (Å²) in [6, 6.07) is 14.3. The van der Waals surface area contributed by atoms with Gasteiger partial charge in [-0.3, -0.25) is 0 Å². The molecule has 6 heteroatoms. The van der Waals surface area contributed by atoms with Crippen LogP contribution in [0.2, 0.25) is 0 Å². The van der Waals surface area contributed by atoms with Crippen LogP contribution in [0.5, 0.6) is 5.75 Å². The van der Waals surface area contributed by atoms with Crippen molar-refractivity contribution in [1.29, 1.82) is 0 Å². The summed E-state index contributed by atoms with van der Waals surface area (Å²) in [5, 5.41) is 2.99.